The summed E-state index contributed by atoms with van der Waals surface area (Å²) in [6.45, 7) is 44.8. The van der Waals surface area contributed by atoms with E-state index in [1.807, 2.05) is 0 Å². The van der Waals surface area contributed by atoms with Crippen molar-refractivity contribution >= 4 is 78.0 Å². The molecule has 2 aliphatic heterocycles. The zero-order chi connectivity index (χ0) is 50.0. The number of benzene rings is 5. The molecule has 0 unspecified atom stereocenters. The monoisotopic (exact) mass is 945 g/mol. The van der Waals surface area contributed by atoms with Crippen LogP contribution in [0.25, 0.3) is 10.1 Å². The second-order valence-electron chi connectivity index (χ2n) is 29.0. The SMILES string of the molecule is Cc1cc2c3c(c1)N(c1cc4c(cc1C)C(C)(C)CCC4(C)C)c1sc4cc5c(cc4c1B3c1cc3c(cc1N2c1ccc2c(c1)C(C)(C)CCC2(C)C)C(C)(C)CCC3(C)C)C(C)(C)CCC5(C)C. The Morgan fingerprint density at radius 2 is 0.800 bits per heavy atom. The summed E-state index contributed by atoms with van der Waals surface area (Å²) in [6.07, 6.45) is 9.62. The summed E-state index contributed by atoms with van der Waals surface area (Å²) in [4.78, 5) is 5.54. The van der Waals surface area contributed by atoms with Crippen LogP contribution < -0.4 is 26.2 Å². The maximum absolute atomic E-state index is 2.79. The van der Waals surface area contributed by atoms with Crippen molar-refractivity contribution in [1.29, 1.82) is 0 Å². The number of thiophene rings is 1. The molecule has 12 rings (SSSR count). The number of anilines is 6. The van der Waals surface area contributed by atoms with Crippen molar-refractivity contribution in [2.45, 2.75) is 219 Å². The van der Waals surface area contributed by atoms with Gasteiger partial charge in [0.25, 0.3) is 6.71 Å². The van der Waals surface area contributed by atoms with Gasteiger partial charge in [-0.25, -0.2) is 0 Å². The molecule has 4 aliphatic carbocycles. The third kappa shape index (κ3) is 6.48. The van der Waals surface area contributed by atoms with Gasteiger partial charge >= 0.3 is 0 Å². The van der Waals surface area contributed by atoms with E-state index >= 15 is 0 Å². The molecular weight excluding hydrogens is 864 g/mol. The fraction of sp³-hybridized carbons (Fsp3) is 0.515. The quantitative estimate of drug-likeness (QED) is 0.159. The Bertz CT molecular complexity index is 3270. The normalized spacial score (nSPS) is 22.8. The third-order valence-corrected chi connectivity index (χ3v) is 21.4. The summed E-state index contributed by atoms with van der Waals surface area (Å²) in [6, 6.07) is 28.9. The van der Waals surface area contributed by atoms with Gasteiger partial charge in [-0.3, -0.25) is 0 Å². The van der Waals surface area contributed by atoms with Gasteiger partial charge in [0.05, 0.1) is 10.7 Å². The number of rotatable bonds is 2. The smallest absolute Gasteiger partial charge is 0.254 e. The summed E-state index contributed by atoms with van der Waals surface area (Å²) in [5.41, 5.74) is 26.9. The Hall–Kier alpha value is -4.28. The lowest BCUT2D eigenvalue weighted by atomic mass is 9.33. The van der Waals surface area contributed by atoms with Crippen molar-refractivity contribution in [3.05, 3.63) is 122 Å². The molecule has 0 saturated carbocycles. The Labute approximate surface area is 427 Å². The van der Waals surface area contributed by atoms with Crippen molar-refractivity contribution in [2.24, 2.45) is 0 Å². The molecule has 5 aromatic carbocycles. The first kappa shape index (κ1) is 46.8. The Morgan fingerprint density at radius 1 is 0.386 bits per heavy atom. The van der Waals surface area contributed by atoms with E-state index < -0.39 is 0 Å². The van der Waals surface area contributed by atoms with Gasteiger partial charge in [-0.1, -0.05) is 129 Å². The van der Waals surface area contributed by atoms with E-state index in [-0.39, 0.29) is 50.0 Å². The molecule has 0 N–H and O–H groups in total. The second kappa shape index (κ2) is 14.3. The number of fused-ring (bicyclic) bond motifs is 10. The van der Waals surface area contributed by atoms with Crippen molar-refractivity contribution < 1.29 is 0 Å². The number of aryl methyl sites for hydroxylation is 2. The molecule has 6 aliphatic rings. The van der Waals surface area contributed by atoms with Crippen LogP contribution in [0.1, 0.15) is 218 Å². The lowest BCUT2D eigenvalue weighted by molar-refractivity contribution is 0.332. The minimum absolute atomic E-state index is 0.0677. The van der Waals surface area contributed by atoms with E-state index in [4.69, 9.17) is 0 Å². The van der Waals surface area contributed by atoms with Gasteiger partial charge in [-0.2, -0.15) is 0 Å². The fourth-order valence-electron chi connectivity index (χ4n) is 15.0. The van der Waals surface area contributed by atoms with Crippen molar-refractivity contribution in [2.75, 3.05) is 9.80 Å². The molecule has 0 amide bonds. The first-order valence-corrected chi connectivity index (χ1v) is 28.1. The number of nitrogens with zero attached hydrogens (tertiary/aromatic N) is 2. The van der Waals surface area contributed by atoms with Crippen LogP contribution in [-0.4, -0.2) is 6.71 Å². The highest BCUT2D eigenvalue weighted by Gasteiger charge is 2.50. The highest BCUT2D eigenvalue weighted by atomic mass is 32.1. The van der Waals surface area contributed by atoms with Crippen LogP contribution in [0.5, 0.6) is 0 Å². The molecule has 0 spiro atoms. The maximum atomic E-state index is 2.79. The van der Waals surface area contributed by atoms with Crippen molar-refractivity contribution in [3.8, 4) is 0 Å². The highest BCUT2D eigenvalue weighted by Crippen LogP contribution is 2.57. The summed E-state index contributed by atoms with van der Waals surface area (Å²) in [7, 11) is 0. The van der Waals surface area contributed by atoms with Gasteiger partial charge < -0.3 is 9.80 Å². The molecular formula is C66H81BN2S. The van der Waals surface area contributed by atoms with E-state index in [2.05, 4.69) is 212 Å². The summed E-state index contributed by atoms with van der Waals surface area (Å²) in [5.74, 6) is 0. The van der Waals surface area contributed by atoms with Crippen molar-refractivity contribution in [1.82, 2.24) is 0 Å². The minimum Gasteiger partial charge on any atom is -0.311 e. The third-order valence-electron chi connectivity index (χ3n) is 20.3. The van der Waals surface area contributed by atoms with Gasteiger partial charge in [0.2, 0.25) is 0 Å². The van der Waals surface area contributed by atoms with Crippen LogP contribution in [0.4, 0.5) is 33.4 Å². The second-order valence-corrected chi connectivity index (χ2v) is 30.0. The standard InChI is InChI=1S/C66H81BN2S/c1-38-29-53-57-54(30-38)69(51-35-47-43(31-39(51)2)60(5,6)23-26-64(47,13)14)58-56(41-33-45-49(37-55(41)70-58)66(17,18)28-24-62(45,9)10)67(57)50-34-46-48(65(15,16)27-25-63(46,11)12)36-52(50)68(53)40-19-20-42-44(32-40)61(7,8)22-21-59(42,3)4/h19-20,29-37H,21-28H2,1-18H3. The molecule has 70 heavy (non-hydrogen) atoms. The van der Waals surface area contributed by atoms with E-state index in [1.165, 1.54) is 150 Å². The summed E-state index contributed by atoms with van der Waals surface area (Å²) < 4.78 is 1.44. The molecule has 6 aromatic rings. The topological polar surface area (TPSA) is 6.48 Å². The van der Waals surface area contributed by atoms with E-state index in [9.17, 15) is 0 Å². The molecule has 4 heteroatoms. The molecule has 1 aromatic heterocycles. The van der Waals surface area contributed by atoms with Crippen LogP contribution in [-0.2, 0) is 43.3 Å². The van der Waals surface area contributed by atoms with Crippen LogP contribution in [0, 0.1) is 13.8 Å². The van der Waals surface area contributed by atoms with Crippen LogP contribution >= 0.6 is 11.3 Å². The van der Waals surface area contributed by atoms with Gasteiger partial charge in [-0.15, -0.1) is 11.3 Å². The van der Waals surface area contributed by atoms with E-state index in [0.29, 0.717) is 0 Å². The van der Waals surface area contributed by atoms with Crippen LogP contribution in [0.3, 0.4) is 0 Å². The minimum atomic E-state index is 0.0677. The van der Waals surface area contributed by atoms with Crippen molar-refractivity contribution in [3.63, 3.8) is 0 Å². The average molecular weight is 945 g/mol. The molecule has 3 heterocycles. The largest absolute Gasteiger partial charge is 0.311 e. The number of hydrogen-bond donors (Lipinski definition) is 0. The Kier molecular flexibility index (Phi) is 9.53. The molecule has 0 saturated heterocycles. The Morgan fingerprint density at radius 3 is 1.33 bits per heavy atom. The Balaban J connectivity index is 1.23. The maximum Gasteiger partial charge on any atom is 0.254 e. The molecule has 0 fully saturated rings. The lowest BCUT2D eigenvalue weighted by Crippen LogP contribution is -2.61. The summed E-state index contributed by atoms with van der Waals surface area (Å²) in [5, 5.41) is 2.87. The van der Waals surface area contributed by atoms with Crippen LogP contribution in [0.2, 0.25) is 0 Å². The van der Waals surface area contributed by atoms with Gasteiger partial charge in [0.1, 0.15) is 0 Å². The average Bonchev–Trinajstić information content (AvgIpc) is 3.65. The van der Waals surface area contributed by atoms with E-state index in [0.717, 1.165) is 0 Å². The predicted molar refractivity (Wildman–Crippen MR) is 306 cm³/mol. The summed E-state index contributed by atoms with van der Waals surface area (Å²) >= 11 is 2.07. The number of hydrogen-bond acceptors (Lipinski definition) is 3. The molecule has 0 radical (unpaired) electrons. The van der Waals surface area contributed by atoms with Gasteiger partial charge in [0.15, 0.2) is 0 Å². The zero-order valence-corrected chi connectivity index (χ0v) is 47.2. The van der Waals surface area contributed by atoms with E-state index in [1.54, 1.807) is 16.7 Å². The first-order chi connectivity index (χ1) is 32.4. The lowest BCUT2D eigenvalue weighted by Gasteiger charge is -2.48. The van der Waals surface area contributed by atoms with Gasteiger partial charge in [-0.05, 0) is 234 Å². The zero-order valence-electron chi connectivity index (χ0n) is 46.4. The fourth-order valence-corrected chi connectivity index (χ4v) is 16.2. The first-order valence-electron chi connectivity index (χ1n) is 27.3. The molecule has 0 bridgehead atoms. The highest BCUT2D eigenvalue weighted by molar-refractivity contribution is 7.26. The van der Waals surface area contributed by atoms with Gasteiger partial charge in [0, 0.05) is 27.4 Å². The molecule has 0 atom stereocenters. The molecule has 364 valence electrons. The molecule has 2 nitrogen and oxygen atoms in total. The predicted octanol–water partition coefficient (Wildman–Crippen LogP) is 17.0. The van der Waals surface area contributed by atoms with Crippen LogP contribution in [0.15, 0.2) is 66.7 Å².